The van der Waals surface area contributed by atoms with Crippen LogP contribution in [0.25, 0.3) is 0 Å². The largest absolute Gasteiger partial charge is 0.462 e. The van der Waals surface area contributed by atoms with Crippen LogP contribution in [0.3, 0.4) is 0 Å². The van der Waals surface area contributed by atoms with Gasteiger partial charge in [-0.3, -0.25) is 14.4 Å². The summed E-state index contributed by atoms with van der Waals surface area (Å²) in [7, 11) is 0. The first kappa shape index (κ1) is 68.4. The smallest absolute Gasteiger partial charge is 0.306 e. The van der Waals surface area contributed by atoms with Crippen molar-refractivity contribution in [1.82, 2.24) is 0 Å². The van der Waals surface area contributed by atoms with Crippen molar-refractivity contribution in [2.45, 2.75) is 335 Å². The molecule has 0 aliphatic carbocycles. The molecule has 414 valence electrons. The Morgan fingerprint density at radius 3 is 0.859 bits per heavy atom. The zero-order valence-corrected chi connectivity index (χ0v) is 47.5. The quantitative estimate of drug-likeness (QED) is 0.0261. The van der Waals surface area contributed by atoms with Gasteiger partial charge in [-0.25, -0.2) is 0 Å². The van der Waals surface area contributed by atoms with E-state index in [1.54, 1.807) is 0 Å². The predicted octanol–water partition coefficient (Wildman–Crippen LogP) is 21.0. The number of hydrogen-bond donors (Lipinski definition) is 0. The summed E-state index contributed by atoms with van der Waals surface area (Å²) in [5, 5.41) is 0. The maximum Gasteiger partial charge on any atom is 0.306 e. The van der Waals surface area contributed by atoms with E-state index in [9.17, 15) is 14.4 Å². The van der Waals surface area contributed by atoms with Crippen molar-refractivity contribution >= 4 is 17.9 Å². The van der Waals surface area contributed by atoms with Crippen molar-refractivity contribution in [2.24, 2.45) is 0 Å². The molecular weight excluding hydrogens is 877 g/mol. The van der Waals surface area contributed by atoms with Gasteiger partial charge in [0.1, 0.15) is 13.2 Å². The molecule has 0 amide bonds. The third-order valence-electron chi connectivity index (χ3n) is 13.8. The Bertz CT molecular complexity index is 1230. The van der Waals surface area contributed by atoms with E-state index in [4.69, 9.17) is 14.2 Å². The predicted molar refractivity (Wildman–Crippen MR) is 307 cm³/mol. The summed E-state index contributed by atoms with van der Waals surface area (Å²) >= 11 is 0. The van der Waals surface area contributed by atoms with Crippen LogP contribution < -0.4 is 0 Å². The molecule has 0 rings (SSSR count). The summed E-state index contributed by atoms with van der Waals surface area (Å²) in [6, 6.07) is 0. The second-order valence-corrected chi connectivity index (χ2v) is 21.0. The van der Waals surface area contributed by atoms with Gasteiger partial charge in [0.15, 0.2) is 6.10 Å². The van der Waals surface area contributed by atoms with Gasteiger partial charge in [0.25, 0.3) is 0 Å². The van der Waals surface area contributed by atoms with Crippen molar-refractivity contribution in [1.29, 1.82) is 0 Å². The van der Waals surface area contributed by atoms with E-state index in [0.29, 0.717) is 19.3 Å². The van der Waals surface area contributed by atoms with Gasteiger partial charge in [0.2, 0.25) is 0 Å². The lowest BCUT2D eigenvalue weighted by molar-refractivity contribution is -0.167. The summed E-state index contributed by atoms with van der Waals surface area (Å²) in [5.41, 5.74) is 0. The van der Waals surface area contributed by atoms with E-state index in [2.05, 4.69) is 69.4 Å². The lowest BCUT2D eigenvalue weighted by atomic mass is 10.0. The summed E-state index contributed by atoms with van der Waals surface area (Å²) in [6.07, 6.45) is 74.2. The highest BCUT2D eigenvalue weighted by atomic mass is 16.6. The number of carbonyl (C=O) groups is 3. The molecule has 1 unspecified atom stereocenters. The number of carbonyl (C=O) groups excluding carboxylic acids is 3. The van der Waals surface area contributed by atoms with Crippen molar-refractivity contribution < 1.29 is 28.6 Å². The van der Waals surface area contributed by atoms with Gasteiger partial charge >= 0.3 is 17.9 Å². The van der Waals surface area contributed by atoms with Crippen molar-refractivity contribution in [3.63, 3.8) is 0 Å². The second-order valence-electron chi connectivity index (χ2n) is 21.0. The fraction of sp³-hybridized carbons (Fsp3) is 0.831. The van der Waals surface area contributed by atoms with Crippen LogP contribution in [0.4, 0.5) is 0 Å². The topological polar surface area (TPSA) is 78.9 Å². The maximum absolute atomic E-state index is 12.8. The van der Waals surface area contributed by atoms with Gasteiger partial charge in [-0.05, 0) is 57.8 Å². The Balaban J connectivity index is 4.07. The SMILES string of the molecule is CC/C=C\C/C=C\C/C=C\C/C=C\CCCCCCCCCCCCCCCCCCC(=O)OCC(COC(=O)CCCCCCCCCC)OC(=O)CCCCCCCCCCCCCCCCCC. The first-order valence-corrected chi connectivity index (χ1v) is 31.1. The monoisotopic (exact) mass is 995 g/mol. The van der Waals surface area contributed by atoms with Gasteiger partial charge in [-0.2, -0.15) is 0 Å². The maximum atomic E-state index is 12.8. The summed E-state index contributed by atoms with van der Waals surface area (Å²) in [6.45, 7) is 6.55. The average Bonchev–Trinajstić information content (AvgIpc) is 3.37. The molecule has 0 spiro atoms. The van der Waals surface area contributed by atoms with E-state index in [-0.39, 0.29) is 31.1 Å². The second kappa shape index (κ2) is 59.9. The molecule has 71 heavy (non-hydrogen) atoms. The van der Waals surface area contributed by atoms with Gasteiger partial charge < -0.3 is 14.2 Å². The molecule has 0 aromatic heterocycles. The zero-order valence-electron chi connectivity index (χ0n) is 47.5. The Hall–Kier alpha value is -2.63. The lowest BCUT2D eigenvalue weighted by Gasteiger charge is -2.18. The molecular formula is C65H118O6. The number of hydrogen-bond acceptors (Lipinski definition) is 6. The van der Waals surface area contributed by atoms with Crippen LogP contribution in [0, 0.1) is 0 Å². The van der Waals surface area contributed by atoms with Crippen LogP contribution in [-0.2, 0) is 28.6 Å². The van der Waals surface area contributed by atoms with E-state index in [0.717, 1.165) is 83.5 Å². The molecule has 0 heterocycles. The highest BCUT2D eigenvalue weighted by Crippen LogP contribution is 2.17. The average molecular weight is 996 g/mol. The van der Waals surface area contributed by atoms with Crippen LogP contribution in [0.5, 0.6) is 0 Å². The number of allylic oxidation sites excluding steroid dienone is 8. The highest BCUT2D eigenvalue weighted by molar-refractivity contribution is 5.71. The number of esters is 3. The molecule has 0 aromatic rings. The summed E-state index contributed by atoms with van der Waals surface area (Å²) in [4.78, 5) is 38.1. The molecule has 0 fully saturated rings. The molecule has 6 nitrogen and oxygen atoms in total. The molecule has 0 saturated carbocycles. The van der Waals surface area contributed by atoms with Crippen molar-refractivity contribution in [2.75, 3.05) is 13.2 Å². The van der Waals surface area contributed by atoms with E-state index in [1.165, 1.54) is 205 Å². The minimum atomic E-state index is -0.766. The molecule has 6 heteroatoms. The lowest BCUT2D eigenvalue weighted by Crippen LogP contribution is -2.30. The highest BCUT2D eigenvalue weighted by Gasteiger charge is 2.19. The van der Waals surface area contributed by atoms with E-state index < -0.39 is 6.10 Å². The normalized spacial score (nSPS) is 12.3. The Kier molecular flexibility index (Phi) is 57.7. The fourth-order valence-corrected chi connectivity index (χ4v) is 9.20. The molecule has 0 saturated heterocycles. The molecule has 0 bridgehead atoms. The van der Waals surface area contributed by atoms with Crippen molar-refractivity contribution in [3.8, 4) is 0 Å². The first-order chi connectivity index (χ1) is 35.0. The molecule has 0 aliphatic rings. The van der Waals surface area contributed by atoms with Crippen LogP contribution >= 0.6 is 0 Å². The molecule has 1 atom stereocenters. The number of rotatable bonds is 57. The summed E-state index contributed by atoms with van der Waals surface area (Å²) < 4.78 is 16.9. The van der Waals surface area contributed by atoms with Crippen molar-refractivity contribution in [3.05, 3.63) is 48.6 Å². The third-order valence-corrected chi connectivity index (χ3v) is 13.8. The van der Waals surface area contributed by atoms with Crippen LogP contribution in [-0.4, -0.2) is 37.2 Å². The minimum absolute atomic E-state index is 0.0670. The standard InChI is InChI=1S/C65H118O6/c1-4-7-10-13-16-19-21-23-25-27-28-29-30-31-32-33-34-35-36-37-38-39-41-42-44-46-49-52-55-58-64(67)70-61-62(60-69-63(66)57-54-51-48-18-15-12-9-6-3)71-65(68)59-56-53-50-47-45-43-40-26-24-22-20-17-14-11-8-5-2/h7,10,16,19,23,25,28-29,62H,4-6,8-9,11-15,17-18,20-22,24,26-27,30-61H2,1-3H3/b10-7-,19-16-,25-23-,29-28-. The van der Waals surface area contributed by atoms with Crippen LogP contribution in [0.15, 0.2) is 48.6 Å². The van der Waals surface area contributed by atoms with Gasteiger partial charge in [-0.1, -0.05) is 301 Å². The van der Waals surface area contributed by atoms with Gasteiger partial charge in [0.05, 0.1) is 0 Å². The van der Waals surface area contributed by atoms with Gasteiger partial charge in [-0.15, -0.1) is 0 Å². The number of unbranched alkanes of at least 4 members (excludes halogenated alkanes) is 38. The van der Waals surface area contributed by atoms with Gasteiger partial charge in [0, 0.05) is 19.3 Å². The van der Waals surface area contributed by atoms with Crippen LogP contribution in [0.2, 0.25) is 0 Å². The fourth-order valence-electron chi connectivity index (χ4n) is 9.20. The first-order valence-electron chi connectivity index (χ1n) is 31.1. The summed E-state index contributed by atoms with van der Waals surface area (Å²) in [5.74, 6) is -0.851. The van der Waals surface area contributed by atoms with E-state index in [1.807, 2.05) is 0 Å². The van der Waals surface area contributed by atoms with Crippen LogP contribution in [0.1, 0.15) is 329 Å². The molecule has 0 aliphatic heterocycles. The molecule has 0 aromatic carbocycles. The number of ether oxygens (including phenoxy) is 3. The zero-order chi connectivity index (χ0) is 51.4. The molecule has 0 radical (unpaired) electrons. The Morgan fingerprint density at radius 2 is 0.549 bits per heavy atom. The third kappa shape index (κ3) is 58.1. The Morgan fingerprint density at radius 1 is 0.296 bits per heavy atom. The minimum Gasteiger partial charge on any atom is -0.462 e. The Labute approximate surface area is 441 Å². The van der Waals surface area contributed by atoms with E-state index >= 15 is 0 Å². The molecule has 0 N–H and O–H groups in total.